The molecule has 0 aliphatic rings. The molecule has 0 aliphatic carbocycles. The van der Waals surface area contributed by atoms with Crippen LogP contribution in [-0.2, 0) is 0 Å². The molecule has 28 heavy (non-hydrogen) atoms. The number of benzene rings is 2. The van der Waals surface area contributed by atoms with Gasteiger partial charge in [-0.05, 0) is 0 Å². The molecule has 0 unspecified atom stereocenters. The van der Waals surface area contributed by atoms with E-state index in [2.05, 4.69) is 0 Å². The van der Waals surface area contributed by atoms with Crippen LogP contribution in [0.25, 0.3) is 22.3 Å². The van der Waals surface area contributed by atoms with Gasteiger partial charge in [0.15, 0.2) is 30.7 Å². The Kier molecular flexibility index (Phi) is 4.78. The summed E-state index contributed by atoms with van der Waals surface area (Å²) < 4.78 is 5.58. The summed E-state index contributed by atoms with van der Waals surface area (Å²) in [4.78, 5) is 70.7. The van der Waals surface area contributed by atoms with Crippen molar-refractivity contribution in [3.05, 3.63) is 68.4 Å². The fourth-order valence-corrected chi connectivity index (χ4v) is 3.00. The molecule has 1 N–H and O–H groups in total. The number of fused-ring (bicyclic) bond motifs is 1. The molecule has 1 heterocycles. The van der Waals surface area contributed by atoms with Crippen LogP contribution in [0.1, 0.15) is 51.8 Å². The van der Waals surface area contributed by atoms with Crippen LogP contribution >= 0.6 is 0 Å². The number of aldehydes is 4. The van der Waals surface area contributed by atoms with Gasteiger partial charge in [0.2, 0.25) is 5.43 Å². The van der Waals surface area contributed by atoms with Gasteiger partial charge in [0.1, 0.15) is 16.9 Å². The van der Waals surface area contributed by atoms with Gasteiger partial charge < -0.3 is 9.52 Å². The maximum Gasteiger partial charge on any atom is 0.340 e. The molecule has 1 aromatic heterocycles. The Bertz CT molecular complexity index is 1220. The molecule has 3 rings (SSSR count). The molecular formula is C20H10O8. The van der Waals surface area contributed by atoms with Crippen molar-refractivity contribution in [1.29, 1.82) is 0 Å². The number of hydrogen-bond acceptors (Lipinski definition) is 7. The molecule has 8 heteroatoms. The van der Waals surface area contributed by atoms with Gasteiger partial charge in [-0.15, -0.1) is 0 Å². The quantitative estimate of drug-likeness (QED) is 0.646. The van der Waals surface area contributed by atoms with Crippen LogP contribution in [0, 0.1) is 0 Å². The van der Waals surface area contributed by atoms with E-state index in [9.17, 15) is 33.9 Å². The number of aromatic carboxylic acids is 1. The van der Waals surface area contributed by atoms with E-state index in [1.165, 1.54) is 12.1 Å². The normalized spacial score (nSPS) is 10.4. The molecule has 2 aromatic carbocycles. The smallest absolute Gasteiger partial charge is 0.340 e. The van der Waals surface area contributed by atoms with E-state index in [0.717, 1.165) is 0 Å². The standard InChI is InChI=1S/C20H10O8/c21-6-11-12(7-22)15-17(25)14(9-24)18(10-4-2-1-3-5-10)28-19(15)16(20(26)27)13(11)8-23/h1-9H,(H,26,27). The van der Waals surface area contributed by atoms with E-state index in [1.54, 1.807) is 18.2 Å². The van der Waals surface area contributed by atoms with Crippen LogP contribution in [0.5, 0.6) is 0 Å². The number of carboxylic acids is 1. The summed E-state index contributed by atoms with van der Waals surface area (Å²) in [5.41, 5.74) is -4.13. The highest BCUT2D eigenvalue weighted by atomic mass is 16.4. The zero-order valence-electron chi connectivity index (χ0n) is 14.0. The maximum atomic E-state index is 12.9. The van der Waals surface area contributed by atoms with Crippen LogP contribution < -0.4 is 5.43 Å². The summed E-state index contributed by atoms with van der Waals surface area (Å²) in [6.45, 7) is 0. The number of hydrogen-bond donors (Lipinski definition) is 1. The Labute approximate surface area is 156 Å². The van der Waals surface area contributed by atoms with Gasteiger partial charge in [0, 0.05) is 22.3 Å². The predicted molar refractivity (Wildman–Crippen MR) is 96.4 cm³/mol. The summed E-state index contributed by atoms with van der Waals surface area (Å²) in [6.07, 6.45) is 0.551. The van der Waals surface area contributed by atoms with Crippen molar-refractivity contribution in [2.75, 3.05) is 0 Å². The molecule has 138 valence electrons. The number of carbonyl (C=O) groups excluding carboxylic acids is 4. The zero-order valence-corrected chi connectivity index (χ0v) is 14.0. The molecule has 0 aliphatic heterocycles. The summed E-state index contributed by atoms with van der Waals surface area (Å²) in [5, 5.41) is 9.01. The fraction of sp³-hybridized carbons (Fsp3) is 0. The number of carboxylic acid groups (broad SMARTS) is 1. The third-order valence-corrected chi connectivity index (χ3v) is 4.21. The van der Waals surface area contributed by atoms with Gasteiger partial charge in [0.25, 0.3) is 0 Å². The van der Waals surface area contributed by atoms with Crippen LogP contribution in [-0.4, -0.2) is 36.2 Å². The van der Waals surface area contributed by atoms with Crippen LogP contribution in [0.15, 0.2) is 39.5 Å². The second-order valence-electron chi connectivity index (χ2n) is 5.64. The molecule has 0 fully saturated rings. The monoisotopic (exact) mass is 378 g/mol. The van der Waals surface area contributed by atoms with E-state index in [-0.39, 0.29) is 30.9 Å². The molecule has 0 bridgehead atoms. The molecule has 0 radical (unpaired) electrons. The lowest BCUT2D eigenvalue weighted by Crippen LogP contribution is -2.18. The third kappa shape index (κ3) is 2.64. The molecule has 0 saturated carbocycles. The third-order valence-electron chi connectivity index (χ3n) is 4.21. The number of rotatable bonds is 6. The van der Waals surface area contributed by atoms with Crippen molar-refractivity contribution >= 4 is 42.1 Å². The lowest BCUT2D eigenvalue weighted by atomic mass is 9.92. The highest BCUT2D eigenvalue weighted by Gasteiger charge is 2.28. The summed E-state index contributed by atoms with van der Waals surface area (Å²) in [6, 6.07) is 7.94. The minimum absolute atomic E-state index is 0.0927. The molecule has 0 atom stereocenters. The van der Waals surface area contributed by atoms with E-state index >= 15 is 0 Å². The van der Waals surface area contributed by atoms with Gasteiger partial charge in [-0.25, -0.2) is 4.79 Å². The number of carbonyl (C=O) groups is 5. The van der Waals surface area contributed by atoms with E-state index in [4.69, 9.17) is 4.42 Å². The molecule has 0 saturated heterocycles. The highest BCUT2D eigenvalue weighted by molar-refractivity contribution is 6.17. The average Bonchev–Trinajstić information content (AvgIpc) is 2.71. The maximum absolute atomic E-state index is 12.9. The topological polar surface area (TPSA) is 136 Å². The minimum atomic E-state index is -1.64. The predicted octanol–water partition coefficient (Wildman–Crippen LogP) is 2.41. The van der Waals surface area contributed by atoms with Crippen LogP contribution in [0.3, 0.4) is 0 Å². The zero-order chi connectivity index (χ0) is 20.4. The van der Waals surface area contributed by atoms with Gasteiger partial charge in [-0.3, -0.25) is 24.0 Å². The average molecular weight is 378 g/mol. The van der Waals surface area contributed by atoms with E-state index in [1.807, 2.05) is 0 Å². The van der Waals surface area contributed by atoms with Gasteiger partial charge in [0.05, 0.1) is 5.39 Å². The first-order chi connectivity index (χ1) is 13.5. The summed E-state index contributed by atoms with van der Waals surface area (Å²) in [5.74, 6) is -1.86. The van der Waals surface area contributed by atoms with Crippen molar-refractivity contribution in [2.45, 2.75) is 0 Å². The lowest BCUT2D eigenvalue weighted by molar-refractivity contribution is 0.0694. The molecular weight excluding hydrogens is 368 g/mol. The lowest BCUT2D eigenvalue weighted by Gasteiger charge is -2.13. The second kappa shape index (κ2) is 7.20. The second-order valence-corrected chi connectivity index (χ2v) is 5.64. The minimum Gasteiger partial charge on any atom is -0.478 e. The SMILES string of the molecule is O=Cc1c(C=O)c(C=O)c2c(=O)c(C=O)c(-c3ccccc3)oc2c1C(=O)O. The summed E-state index contributed by atoms with van der Waals surface area (Å²) in [7, 11) is 0. The van der Waals surface area contributed by atoms with Crippen molar-refractivity contribution in [3.63, 3.8) is 0 Å². The Balaban J connectivity index is 2.70. The first-order valence-corrected chi connectivity index (χ1v) is 7.80. The summed E-state index contributed by atoms with van der Waals surface area (Å²) >= 11 is 0. The highest BCUT2D eigenvalue weighted by Crippen LogP contribution is 2.31. The van der Waals surface area contributed by atoms with Crippen molar-refractivity contribution in [3.8, 4) is 11.3 Å². The first kappa shape index (κ1) is 18.6. The Morgan fingerprint density at radius 1 is 0.821 bits per heavy atom. The van der Waals surface area contributed by atoms with Gasteiger partial charge in [-0.1, -0.05) is 30.3 Å². The largest absolute Gasteiger partial charge is 0.478 e. The van der Waals surface area contributed by atoms with Crippen LogP contribution in [0.4, 0.5) is 0 Å². The van der Waals surface area contributed by atoms with E-state index < -0.39 is 50.2 Å². The Morgan fingerprint density at radius 2 is 1.39 bits per heavy atom. The fourth-order valence-electron chi connectivity index (χ4n) is 3.00. The van der Waals surface area contributed by atoms with Crippen LogP contribution in [0.2, 0.25) is 0 Å². The van der Waals surface area contributed by atoms with Crippen molar-refractivity contribution < 1.29 is 33.5 Å². The van der Waals surface area contributed by atoms with E-state index in [0.29, 0.717) is 5.56 Å². The molecule has 0 amide bonds. The van der Waals surface area contributed by atoms with Crippen molar-refractivity contribution in [1.82, 2.24) is 0 Å². The van der Waals surface area contributed by atoms with Gasteiger partial charge in [-0.2, -0.15) is 0 Å². The molecule has 3 aromatic rings. The van der Waals surface area contributed by atoms with Gasteiger partial charge >= 0.3 is 5.97 Å². The Hall–Kier alpha value is -4.20. The first-order valence-electron chi connectivity index (χ1n) is 7.80. The molecule has 8 nitrogen and oxygen atoms in total. The van der Waals surface area contributed by atoms with Crippen molar-refractivity contribution in [2.24, 2.45) is 0 Å². The Morgan fingerprint density at radius 3 is 1.89 bits per heavy atom. The molecule has 0 spiro atoms.